The normalized spacial score (nSPS) is 32.9. The Balaban J connectivity index is 1.80. The van der Waals surface area contributed by atoms with E-state index in [1.807, 2.05) is 20.8 Å². The minimum absolute atomic E-state index is 0.0701. The maximum atomic E-state index is 12.0. The van der Waals surface area contributed by atoms with Crippen LogP contribution in [0.5, 0.6) is 0 Å². The topological polar surface area (TPSA) is 61.8 Å². The van der Waals surface area contributed by atoms with Crippen molar-refractivity contribution >= 4 is 6.09 Å². The molecule has 5 nitrogen and oxygen atoms in total. The molecule has 2 N–H and O–H groups in total. The molecule has 3 atom stereocenters. The summed E-state index contributed by atoms with van der Waals surface area (Å²) in [5.41, 5.74) is -0.512. The van der Waals surface area contributed by atoms with Crippen LogP contribution in [-0.4, -0.2) is 53.0 Å². The molecule has 1 saturated heterocycles. The molecular formula is C15H28N2O3. The number of carbonyl (C=O) groups is 1. The van der Waals surface area contributed by atoms with Crippen molar-refractivity contribution in [1.82, 2.24) is 10.2 Å². The number of nitrogens with one attached hydrogen (secondary N) is 1. The lowest BCUT2D eigenvalue weighted by atomic mass is 9.64. The molecule has 1 amide bonds. The van der Waals surface area contributed by atoms with E-state index in [-0.39, 0.29) is 17.6 Å². The van der Waals surface area contributed by atoms with Crippen molar-refractivity contribution in [2.75, 3.05) is 13.1 Å². The van der Waals surface area contributed by atoms with Gasteiger partial charge in [0.25, 0.3) is 0 Å². The van der Waals surface area contributed by atoms with E-state index >= 15 is 0 Å². The number of nitrogens with zero attached hydrogens (tertiary/aromatic N) is 1. The van der Waals surface area contributed by atoms with E-state index in [1.165, 1.54) is 0 Å². The Morgan fingerprint density at radius 3 is 2.55 bits per heavy atom. The Bertz CT molecular complexity index is 376. The zero-order valence-electron chi connectivity index (χ0n) is 13.3. The third-order valence-electron chi connectivity index (χ3n) is 4.49. The first-order valence-electron chi connectivity index (χ1n) is 7.51. The van der Waals surface area contributed by atoms with Crippen molar-refractivity contribution in [3.63, 3.8) is 0 Å². The van der Waals surface area contributed by atoms with Gasteiger partial charge in [-0.25, -0.2) is 4.79 Å². The molecule has 2 rings (SSSR count). The standard InChI is InChI=1S/C15H28N2O3/c1-14(2,3)20-13(19)17-7-6-10(9-17)16-11-8-12(18)15(11,4)5/h10-12,16,18H,6-9H2,1-5H3. The average Bonchev–Trinajstić information content (AvgIpc) is 2.75. The van der Waals surface area contributed by atoms with E-state index in [0.29, 0.717) is 18.6 Å². The van der Waals surface area contributed by atoms with Crippen LogP contribution in [0.1, 0.15) is 47.5 Å². The number of aliphatic hydroxyl groups excluding tert-OH is 1. The summed E-state index contributed by atoms with van der Waals surface area (Å²) in [6.07, 6.45) is 1.30. The van der Waals surface area contributed by atoms with E-state index < -0.39 is 5.60 Å². The van der Waals surface area contributed by atoms with Gasteiger partial charge in [0.2, 0.25) is 0 Å². The van der Waals surface area contributed by atoms with Crippen molar-refractivity contribution in [3.05, 3.63) is 0 Å². The Morgan fingerprint density at radius 2 is 2.05 bits per heavy atom. The fraction of sp³-hybridized carbons (Fsp3) is 0.933. The molecule has 0 aromatic rings. The Labute approximate surface area is 121 Å². The van der Waals surface area contributed by atoms with Crippen molar-refractivity contribution in [3.8, 4) is 0 Å². The summed E-state index contributed by atoms with van der Waals surface area (Å²) in [7, 11) is 0. The summed E-state index contributed by atoms with van der Waals surface area (Å²) in [5, 5.41) is 13.3. The highest BCUT2D eigenvalue weighted by molar-refractivity contribution is 5.68. The van der Waals surface area contributed by atoms with Crippen LogP contribution in [0.15, 0.2) is 0 Å². The molecule has 0 spiro atoms. The lowest BCUT2D eigenvalue weighted by Crippen LogP contribution is -2.62. The van der Waals surface area contributed by atoms with E-state index in [0.717, 1.165) is 19.4 Å². The summed E-state index contributed by atoms with van der Waals surface area (Å²) < 4.78 is 5.39. The van der Waals surface area contributed by atoms with Crippen molar-refractivity contribution in [2.24, 2.45) is 5.41 Å². The minimum atomic E-state index is -0.442. The highest BCUT2D eigenvalue weighted by Gasteiger charge is 2.48. The van der Waals surface area contributed by atoms with Gasteiger partial charge in [-0.05, 0) is 33.6 Å². The van der Waals surface area contributed by atoms with Crippen LogP contribution < -0.4 is 5.32 Å². The molecule has 1 saturated carbocycles. The zero-order valence-corrected chi connectivity index (χ0v) is 13.3. The van der Waals surface area contributed by atoms with Gasteiger partial charge in [-0.3, -0.25) is 0 Å². The van der Waals surface area contributed by atoms with Gasteiger partial charge < -0.3 is 20.1 Å². The third-order valence-corrected chi connectivity index (χ3v) is 4.49. The molecule has 1 heterocycles. The molecule has 5 heteroatoms. The van der Waals surface area contributed by atoms with Gasteiger partial charge >= 0.3 is 6.09 Å². The van der Waals surface area contributed by atoms with E-state index in [1.54, 1.807) is 4.90 Å². The smallest absolute Gasteiger partial charge is 0.410 e. The van der Waals surface area contributed by atoms with Crippen molar-refractivity contribution in [1.29, 1.82) is 0 Å². The Kier molecular flexibility index (Phi) is 4.04. The predicted molar refractivity (Wildman–Crippen MR) is 77.5 cm³/mol. The maximum absolute atomic E-state index is 12.0. The molecule has 0 radical (unpaired) electrons. The van der Waals surface area contributed by atoms with Crippen LogP contribution in [0.3, 0.4) is 0 Å². The molecule has 2 aliphatic rings. The fourth-order valence-electron chi connectivity index (χ4n) is 2.86. The minimum Gasteiger partial charge on any atom is -0.444 e. The fourth-order valence-corrected chi connectivity index (χ4v) is 2.86. The Hall–Kier alpha value is -0.810. The lowest BCUT2D eigenvalue weighted by Gasteiger charge is -2.50. The molecule has 3 unspecified atom stereocenters. The van der Waals surface area contributed by atoms with E-state index in [2.05, 4.69) is 19.2 Å². The molecule has 20 heavy (non-hydrogen) atoms. The van der Waals surface area contributed by atoms with Gasteiger partial charge in [-0.2, -0.15) is 0 Å². The van der Waals surface area contributed by atoms with Crippen LogP contribution in [0.25, 0.3) is 0 Å². The monoisotopic (exact) mass is 284 g/mol. The third kappa shape index (κ3) is 3.26. The molecule has 1 aliphatic heterocycles. The number of likely N-dealkylation sites (tertiary alicyclic amines) is 1. The molecule has 0 bridgehead atoms. The second-order valence-electron chi connectivity index (χ2n) is 7.70. The number of ether oxygens (including phenoxy) is 1. The van der Waals surface area contributed by atoms with E-state index in [4.69, 9.17) is 4.74 Å². The van der Waals surface area contributed by atoms with Crippen LogP contribution in [0.2, 0.25) is 0 Å². The molecule has 2 fully saturated rings. The molecule has 116 valence electrons. The second-order valence-corrected chi connectivity index (χ2v) is 7.70. The summed E-state index contributed by atoms with van der Waals surface area (Å²) in [5.74, 6) is 0. The number of rotatable bonds is 2. The van der Waals surface area contributed by atoms with E-state index in [9.17, 15) is 9.90 Å². The first-order valence-corrected chi connectivity index (χ1v) is 7.51. The van der Waals surface area contributed by atoms with Crippen LogP contribution in [0, 0.1) is 5.41 Å². The Morgan fingerprint density at radius 1 is 1.40 bits per heavy atom. The highest BCUT2D eigenvalue weighted by atomic mass is 16.6. The van der Waals surface area contributed by atoms with Gasteiger partial charge in [0.05, 0.1) is 6.10 Å². The maximum Gasteiger partial charge on any atom is 0.410 e. The van der Waals surface area contributed by atoms with Gasteiger partial charge in [0.15, 0.2) is 0 Å². The van der Waals surface area contributed by atoms with Gasteiger partial charge in [-0.15, -0.1) is 0 Å². The van der Waals surface area contributed by atoms with Gasteiger partial charge in [-0.1, -0.05) is 13.8 Å². The summed E-state index contributed by atoms with van der Waals surface area (Å²) in [6.45, 7) is 11.2. The predicted octanol–water partition coefficient (Wildman–Crippen LogP) is 1.74. The zero-order chi connectivity index (χ0) is 15.1. The number of carbonyl (C=O) groups excluding carboxylic acids is 1. The largest absolute Gasteiger partial charge is 0.444 e. The number of hydrogen-bond acceptors (Lipinski definition) is 4. The number of amides is 1. The average molecular weight is 284 g/mol. The summed E-state index contributed by atoms with van der Waals surface area (Å²) >= 11 is 0. The van der Waals surface area contributed by atoms with Crippen molar-refractivity contribution in [2.45, 2.75) is 71.2 Å². The lowest BCUT2D eigenvalue weighted by molar-refractivity contribution is -0.0755. The van der Waals surface area contributed by atoms with Crippen molar-refractivity contribution < 1.29 is 14.6 Å². The molecular weight excluding hydrogens is 256 g/mol. The molecule has 1 aliphatic carbocycles. The van der Waals surface area contributed by atoms with Gasteiger partial charge in [0.1, 0.15) is 5.60 Å². The first-order chi connectivity index (χ1) is 9.09. The second kappa shape index (κ2) is 5.19. The highest BCUT2D eigenvalue weighted by Crippen LogP contribution is 2.40. The SMILES string of the molecule is CC(C)(C)OC(=O)N1CCC(NC2CC(O)C2(C)C)C1. The van der Waals surface area contributed by atoms with Crippen LogP contribution in [-0.2, 0) is 4.74 Å². The number of hydrogen-bond donors (Lipinski definition) is 2. The molecule has 0 aromatic heterocycles. The molecule has 0 aromatic carbocycles. The first kappa shape index (κ1) is 15.6. The summed E-state index contributed by atoms with van der Waals surface area (Å²) in [6, 6.07) is 0.639. The van der Waals surface area contributed by atoms with Crippen LogP contribution in [0.4, 0.5) is 4.79 Å². The quantitative estimate of drug-likeness (QED) is 0.811. The van der Waals surface area contributed by atoms with Gasteiger partial charge in [0, 0.05) is 30.6 Å². The van der Waals surface area contributed by atoms with Crippen LogP contribution >= 0.6 is 0 Å². The number of aliphatic hydroxyl groups is 1. The summed E-state index contributed by atoms with van der Waals surface area (Å²) in [4.78, 5) is 13.8.